The van der Waals surface area contributed by atoms with Crippen LogP contribution in [0.3, 0.4) is 0 Å². The van der Waals surface area contributed by atoms with Crippen molar-refractivity contribution >= 4 is 5.71 Å². The molecule has 2 nitrogen and oxygen atoms in total. The van der Waals surface area contributed by atoms with Crippen LogP contribution in [0, 0.1) is 5.41 Å². The average Bonchev–Trinajstić information content (AvgIpc) is 2.33. The van der Waals surface area contributed by atoms with Crippen molar-refractivity contribution in [2.24, 2.45) is 0 Å². The smallest absolute Gasteiger partial charge is 0.384 e. The van der Waals surface area contributed by atoms with E-state index in [0.29, 0.717) is 18.6 Å². The third-order valence-electron chi connectivity index (χ3n) is 2.30. The second-order valence-corrected chi connectivity index (χ2v) is 3.67. The van der Waals surface area contributed by atoms with Gasteiger partial charge >= 0.3 is 6.18 Å². The molecule has 0 bridgehead atoms. The van der Waals surface area contributed by atoms with Gasteiger partial charge in [-0.1, -0.05) is 18.2 Å². The molecule has 0 heterocycles. The van der Waals surface area contributed by atoms with Gasteiger partial charge in [0, 0.05) is 13.7 Å². The van der Waals surface area contributed by atoms with Crippen LogP contribution in [0.25, 0.3) is 0 Å². The molecule has 0 aliphatic heterocycles. The molecule has 18 heavy (non-hydrogen) atoms. The highest BCUT2D eigenvalue weighted by atomic mass is 19.4. The molecule has 98 valence electrons. The maximum Gasteiger partial charge on any atom is 0.416 e. The predicted molar refractivity (Wildman–Crippen MR) is 63.9 cm³/mol. The maximum atomic E-state index is 12.3. The van der Waals surface area contributed by atoms with Crippen LogP contribution in [-0.4, -0.2) is 19.4 Å². The number of alkyl halides is 3. The number of halogens is 3. The molecule has 0 fully saturated rings. The Balaban J connectivity index is 2.68. The zero-order chi connectivity index (χ0) is 13.6. The fourth-order valence-corrected chi connectivity index (χ4v) is 1.32. The molecule has 0 spiro atoms. The molecule has 0 atom stereocenters. The van der Waals surface area contributed by atoms with E-state index in [1.807, 2.05) is 0 Å². The van der Waals surface area contributed by atoms with E-state index in [1.165, 1.54) is 12.1 Å². The Morgan fingerprint density at radius 3 is 2.39 bits per heavy atom. The molecular weight excluding hydrogens is 243 g/mol. The first-order valence-corrected chi connectivity index (χ1v) is 5.37. The van der Waals surface area contributed by atoms with Gasteiger partial charge in [-0.05, 0) is 30.2 Å². The minimum atomic E-state index is -4.34. The third kappa shape index (κ3) is 4.33. The van der Waals surface area contributed by atoms with Gasteiger partial charge in [0.1, 0.15) is 0 Å². The molecule has 0 aromatic heterocycles. The van der Waals surface area contributed by atoms with Crippen molar-refractivity contribution in [3.05, 3.63) is 47.5 Å². The SMILES string of the molecule is COCCC=CC(=N)c1ccc(C(F)(F)F)cc1. The van der Waals surface area contributed by atoms with Crippen LogP contribution in [-0.2, 0) is 10.9 Å². The second kappa shape index (κ2) is 6.35. The summed E-state index contributed by atoms with van der Waals surface area (Å²) in [4.78, 5) is 0. The minimum Gasteiger partial charge on any atom is -0.384 e. The van der Waals surface area contributed by atoms with E-state index in [4.69, 9.17) is 10.1 Å². The molecule has 1 rings (SSSR count). The van der Waals surface area contributed by atoms with Gasteiger partial charge < -0.3 is 10.1 Å². The van der Waals surface area contributed by atoms with Crippen LogP contribution in [0.1, 0.15) is 17.5 Å². The monoisotopic (exact) mass is 257 g/mol. The first kappa shape index (κ1) is 14.4. The van der Waals surface area contributed by atoms with Gasteiger partial charge in [0.15, 0.2) is 0 Å². The molecule has 0 amide bonds. The van der Waals surface area contributed by atoms with Gasteiger partial charge in [0.25, 0.3) is 0 Å². The topological polar surface area (TPSA) is 33.1 Å². The van der Waals surface area contributed by atoms with E-state index < -0.39 is 11.7 Å². The lowest BCUT2D eigenvalue weighted by molar-refractivity contribution is -0.137. The van der Waals surface area contributed by atoms with Crippen molar-refractivity contribution in [2.45, 2.75) is 12.6 Å². The number of hydrogen-bond donors (Lipinski definition) is 1. The zero-order valence-electron chi connectivity index (χ0n) is 9.92. The maximum absolute atomic E-state index is 12.3. The molecule has 0 aliphatic rings. The van der Waals surface area contributed by atoms with Crippen LogP contribution < -0.4 is 0 Å². The van der Waals surface area contributed by atoms with Crippen LogP contribution in [0.5, 0.6) is 0 Å². The van der Waals surface area contributed by atoms with E-state index in [9.17, 15) is 13.2 Å². The van der Waals surface area contributed by atoms with Crippen molar-refractivity contribution in [3.63, 3.8) is 0 Å². The molecule has 1 N–H and O–H groups in total. The van der Waals surface area contributed by atoms with Gasteiger partial charge in [-0.15, -0.1) is 0 Å². The summed E-state index contributed by atoms with van der Waals surface area (Å²) >= 11 is 0. The van der Waals surface area contributed by atoms with Gasteiger partial charge in [-0.2, -0.15) is 13.2 Å². The summed E-state index contributed by atoms with van der Waals surface area (Å²) in [5, 5.41) is 7.68. The van der Waals surface area contributed by atoms with Crippen LogP contribution in [0.2, 0.25) is 0 Å². The van der Waals surface area contributed by atoms with Gasteiger partial charge in [-0.3, -0.25) is 0 Å². The van der Waals surface area contributed by atoms with Gasteiger partial charge in [0.2, 0.25) is 0 Å². The van der Waals surface area contributed by atoms with Crippen LogP contribution in [0.15, 0.2) is 36.4 Å². The number of ether oxygens (including phenoxy) is 1. The average molecular weight is 257 g/mol. The van der Waals surface area contributed by atoms with E-state index in [-0.39, 0.29) is 5.71 Å². The minimum absolute atomic E-state index is 0.180. The van der Waals surface area contributed by atoms with E-state index in [2.05, 4.69) is 0 Å². The zero-order valence-corrected chi connectivity index (χ0v) is 9.92. The van der Waals surface area contributed by atoms with E-state index in [1.54, 1.807) is 19.3 Å². The summed E-state index contributed by atoms with van der Waals surface area (Å²) in [7, 11) is 1.58. The molecule has 5 heteroatoms. The number of rotatable bonds is 5. The highest BCUT2D eigenvalue weighted by Crippen LogP contribution is 2.29. The quantitative estimate of drug-likeness (QED) is 0.633. The molecule has 0 unspecified atom stereocenters. The van der Waals surface area contributed by atoms with Crippen LogP contribution in [0.4, 0.5) is 13.2 Å². The number of hydrogen-bond acceptors (Lipinski definition) is 2. The summed E-state index contributed by atoms with van der Waals surface area (Å²) in [5.41, 5.74) is -0.0705. The molecule has 1 aromatic rings. The first-order valence-electron chi connectivity index (χ1n) is 5.37. The Kier molecular flexibility index (Phi) is 5.09. The fraction of sp³-hybridized carbons (Fsp3) is 0.308. The summed E-state index contributed by atoms with van der Waals surface area (Å²) in [6, 6.07) is 4.55. The Morgan fingerprint density at radius 2 is 1.89 bits per heavy atom. The molecule has 0 saturated carbocycles. The Bertz CT molecular complexity index is 421. The van der Waals surface area contributed by atoms with Gasteiger partial charge in [0.05, 0.1) is 11.3 Å². The largest absolute Gasteiger partial charge is 0.416 e. The Morgan fingerprint density at radius 1 is 1.28 bits per heavy atom. The Hall–Kier alpha value is -1.62. The molecule has 0 saturated heterocycles. The number of nitrogens with one attached hydrogen (secondary N) is 1. The first-order chi connectivity index (χ1) is 8.45. The molecule has 0 aliphatic carbocycles. The second-order valence-electron chi connectivity index (χ2n) is 3.67. The molecular formula is C13H14F3NO. The third-order valence-corrected chi connectivity index (χ3v) is 2.30. The lowest BCUT2D eigenvalue weighted by Gasteiger charge is -2.07. The van der Waals surface area contributed by atoms with E-state index in [0.717, 1.165) is 12.1 Å². The molecule has 1 aromatic carbocycles. The summed E-state index contributed by atoms with van der Waals surface area (Å²) in [6.07, 6.45) is -0.361. The van der Waals surface area contributed by atoms with Crippen molar-refractivity contribution in [1.29, 1.82) is 5.41 Å². The summed E-state index contributed by atoms with van der Waals surface area (Å²) < 4.78 is 41.8. The summed E-state index contributed by atoms with van der Waals surface area (Å²) in [6.45, 7) is 0.552. The normalized spacial score (nSPS) is 12.0. The van der Waals surface area contributed by atoms with Gasteiger partial charge in [-0.25, -0.2) is 0 Å². The lowest BCUT2D eigenvalue weighted by Crippen LogP contribution is -2.05. The van der Waals surface area contributed by atoms with Crippen molar-refractivity contribution in [3.8, 4) is 0 Å². The van der Waals surface area contributed by atoms with Crippen molar-refractivity contribution in [1.82, 2.24) is 0 Å². The highest BCUT2D eigenvalue weighted by Gasteiger charge is 2.29. The Labute approximate surface area is 104 Å². The van der Waals surface area contributed by atoms with Crippen molar-refractivity contribution in [2.75, 3.05) is 13.7 Å². The predicted octanol–water partition coefficient (Wildman–Crippen LogP) is 3.67. The highest BCUT2D eigenvalue weighted by molar-refractivity contribution is 6.06. The lowest BCUT2D eigenvalue weighted by atomic mass is 10.1. The van der Waals surface area contributed by atoms with Crippen LogP contribution >= 0.6 is 0 Å². The number of methoxy groups -OCH3 is 1. The summed E-state index contributed by atoms with van der Waals surface area (Å²) in [5.74, 6) is 0. The fourth-order valence-electron chi connectivity index (χ4n) is 1.32. The molecule has 0 radical (unpaired) electrons. The standard InChI is InChI=1S/C13H14F3NO/c1-18-9-3-2-4-12(17)10-5-7-11(8-6-10)13(14,15)16/h2,4-8,17H,3,9H2,1H3. The van der Waals surface area contributed by atoms with E-state index >= 15 is 0 Å². The van der Waals surface area contributed by atoms with Crippen molar-refractivity contribution < 1.29 is 17.9 Å². The number of benzene rings is 1. The number of allylic oxidation sites excluding steroid dienone is 1.